The maximum atomic E-state index is 12.2. The molecule has 2 aromatic rings. The molecule has 3 N–H and O–H groups in total. The van der Waals surface area contributed by atoms with Gasteiger partial charge in [0.1, 0.15) is 5.69 Å². The van der Waals surface area contributed by atoms with E-state index in [1.807, 2.05) is 0 Å². The van der Waals surface area contributed by atoms with Gasteiger partial charge in [0.2, 0.25) is 0 Å². The van der Waals surface area contributed by atoms with E-state index in [1.54, 1.807) is 0 Å². The lowest BCUT2D eigenvalue weighted by Gasteiger charge is -2.10. The lowest BCUT2D eigenvalue weighted by atomic mass is 10.2. The molecule has 0 aromatic heterocycles. The highest BCUT2D eigenvalue weighted by Crippen LogP contribution is 2.29. The average molecular weight is 350 g/mol. The maximum absolute atomic E-state index is 12.2. The molecule has 0 fully saturated rings. The number of hydrogen-bond donors (Lipinski definition) is 3. The van der Waals surface area contributed by atoms with E-state index in [0.717, 1.165) is 6.07 Å². The molecule has 2 rings (SSSR count). The molecule has 0 aliphatic rings. The normalized spacial score (nSPS) is 11.0. The zero-order valence-corrected chi connectivity index (χ0v) is 13.4. The Labute approximate surface area is 139 Å². The Hall–Kier alpha value is -2.65. The second kappa shape index (κ2) is 7.75. The van der Waals surface area contributed by atoms with E-state index >= 15 is 0 Å². The van der Waals surface area contributed by atoms with Crippen LogP contribution in [0.3, 0.4) is 0 Å². The highest BCUT2D eigenvalue weighted by molar-refractivity contribution is 7.92. The van der Waals surface area contributed by atoms with Gasteiger partial charge in [-0.05, 0) is 36.8 Å². The third-order valence-electron chi connectivity index (χ3n) is 3.09. The Kier molecular flexibility index (Phi) is 5.72. The van der Waals surface area contributed by atoms with Crippen LogP contribution in [-0.2, 0) is 10.0 Å². The van der Waals surface area contributed by atoms with Gasteiger partial charge < -0.3 is 10.4 Å². The molecule has 0 aliphatic heterocycles. The number of nitrogens with one attached hydrogen (secondary N) is 2. The van der Waals surface area contributed by atoms with Crippen LogP contribution in [-0.4, -0.2) is 31.6 Å². The highest BCUT2D eigenvalue weighted by atomic mass is 32.2. The number of aliphatic hydroxyl groups excluding tert-OH is 1. The highest BCUT2D eigenvalue weighted by Gasteiger charge is 2.18. The Morgan fingerprint density at radius 1 is 1.21 bits per heavy atom. The molecule has 0 saturated heterocycles. The molecule has 24 heavy (non-hydrogen) atoms. The number of nitro benzene ring substituents is 1. The zero-order chi connectivity index (χ0) is 17.6. The Bertz CT molecular complexity index is 809. The summed E-state index contributed by atoms with van der Waals surface area (Å²) in [5.41, 5.74) is 0.0856. The van der Waals surface area contributed by atoms with Gasteiger partial charge in [0.05, 0.1) is 15.5 Å². The average Bonchev–Trinajstić information content (AvgIpc) is 2.56. The fourth-order valence-corrected chi connectivity index (χ4v) is 3.01. The van der Waals surface area contributed by atoms with Gasteiger partial charge in [0.15, 0.2) is 0 Å². The van der Waals surface area contributed by atoms with Crippen molar-refractivity contribution in [2.45, 2.75) is 11.3 Å². The molecule has 0 aliphatic carbocycles. The first-order valence-electron chi connectivity index (χ1n) is 7.06. The van der Waals surface area contributed by atoms with Gasteiger partial charge in [-0.15, -0.1) is 0 Å². The fourth-order valence-electron chi connectivity index (χ4n) is 1.96. The number of nitro groups is 1. The molecule has 0 unspecified atom stereocenters. The van der Waals surface area contributed by atoms with Crippen molar-refractivity contribution in [2.24, 2.45) is 0 Å². The van der Waals surface area contributed by atoms with Crippen molar-refractivity contribution in [2.75, 3.05) is 23.2 Å². The minimum absolute atomic E-state index is 0.0345. The molecule has 9 heteroatoms. The minimum atomic E-state index is -3.84. The summed E-state index contributed by atoms with van der Waals surface area (Å²) >= 11 is 0. The molecule has 0 atom stereocenters. The lowest BCUT2D eigenvalue weighted by molar-refractivity contribution is -0.383. The summed E-state index contributed by atoms with van der Waals surface area (Å²) in [5.74, 6) is 0. The first-order chi connectivity index (χ1) is 11.4. The monoisotopic (exact) mass is 350 g/mol. The predicted molar refractivity (Wildman–Crippen MR) is 89.4 cm³/mol. The molecule has 2 aromatic carbocycles. The number of nitrogens with zero attached hydrogens (tertiary/aromatic N) is 1. The van der Waals surface area contributed by atoms with Crippen LogP contribution in [0.5, 0.6) is 0 Å². The first-order valence-corrected chi connectivity index (χ1v) is 8.54. The molecule has 0 heterocycles. The van der Waals surface area contributed by atoms with Crippen LogP contribution in [0, 0.1) is 16.2 Å². The van der Waals surface area contributed by atoms with E-state index < -0.39 is 14.9 Å². The molecular formula is C15H16N3O5S. The first kappa shape index (κ1) is 17.7. The van der Waals surface area contributed by atoms with Gasteiger partial charge in [0.25, 0.3) is 15.7 Å². The van der Waals surface area contributed by atoms with Crippen molar-refractivity contribution >= 4 is 27.1 Å². The summed E-state index contributed by atoms with van der Waals surface area (Å²) in [6.45, 7) is 0.329. The van der Waals surface area contributed by atoms with Gasteiger partial charge in [-0.3, -0.25) is 14.8 Å². The Morgan fingerprint density at radius 3 is 2.54 bits per heavy atom. The molecule has 0 spiro atoms. The van der Waals surface area contributed by atoms with E-state index in [-0.39, 0.29) is 28.6 Å². The van der Waals surface area contributed by atoms with E-state index in [0.29, 0.717) is 13.0 Å². The third kappa shape index (κ3) is 4.43. The van der Waals surface area contributed by atoms with Crippen molar-refractivity contribution < 1.29 is 18.4 Å². The largest absolute Gasteiger partial charge is 0.396 e. The summed E-state index contributed by atoms with van der Waals surface area (Å²) in [5, 5.41) is 22.8. The summed E-state index contributed by atoms with van der Waals surface area (Å²) < 4.78 is 26.8. The Balaban J connectivity index is 2.25. The fraction of sp³-hybridized carbons (Fsp3) is 0.200. The lowest BCUT2D eigenvalue weighted by Crippen LogP contribution is -2.13. The molecule has 0 amide bonds. The standard InChI is InChI=1S/C15H16N3O5S/c19-10-4-9-16-14-8-7-12(11-15(14)18(20)21)17-24(22,23)13-5-2-1-3-6-13/h2-3,5-8,11,16-17,19H,4,9-10H2. The summed E-state index contributed by atoms with van der Waals surface area (Å²) in [4.78, 5) is 10.6. The molecule has 0 saturated carbocycles. The molecule has 8 nitrogen and oxygen atoms in total. The number of sulfonamides is 1. The van der Waals surface area contributed by atoms with Crippen molar-refractivity contribution in [3.8, 4) is 0 Å². The van der Waals surface area contributed by atoms with Gasteiger partial charge in [-0.1, -0.05) is 12.1 Å². The summed E-state index contributed by atoms with van der Waals surface area (Å²) in [6, 6.07) is 12.4. The van der Waals surface area contributed by atoms with Gasteiger partial charge in [0, 0.05) is 19.2 Å². The maximum Gasteiger partial charge on any atom is 0.294 e. The number of aliphatic hydroxyl groups is 1. The number of rotatable bonds is 8. The molecule has 0 bridgehead atoms. The number of hydrogen-bond acceptors (Lipinski definition) is 6. The minimum Gasteiger partial charge on any atom is -0.396 e. The molecule has 127 valence electrons. The number of anilines is 2. The van der Waals surface area contributed by atoms with Crippen LogP contribution in [0.25, 0.3) is 0 Å². The molecule has 1 radical (unpaired) electrons. The van der Waals surface area contributed by atoms with Crippen molar-refractivity contribution in [1.82, 2.24) is 0 Å². The van der Waals surface area contributed by atoms with Crippen LogP contribution in [0.1, 0.15) is 6.42 Å². The van der Waals surface area contributed by atoms with Crippen molar-refractivity contribution in [1.29, 1.82) is 0 Å². The smallest absolute Gasteiger partial charge is 0.294 e. The van der Waals surface area contributed by atoms with Crippen LogP contribution in [0.4, 0.5) is 17.1 Å². The third-order valence-corrected chi connectivity index (χ3v) is 4.49. The van der Waals surface area contributed by atoms with Crippen LogP contribution >= 0.6 is 0 Å². The SMILES string of the molecule is O=[N+]([O-])c1cc(NS(=O)(=O)c2cc[c]cc2)ccc1NCCCO. The van der Waals surface area contributed by atoms with Gasteiger partial charge in [-0.2, -0.15) is 0 Å². The summed E-state index contributed by atoms with van der Waals surface area (Å²) in [7, 11) is -3.84. The van der Waals surface area contributed by atoms with E-state index in [4.69, 9.17) is 5.11 Å². The van der Waals surface area contributed by atoms with Crippen LogP contribution in [0.15, 0.2) is 47.4 Å². The number of benzene rings is 2. The van der Waals surface area contributed by atoms with Gasteiger partial charge >= 0.3 is 0 Å². The quantitative estimate of drug-likeness (QED) is 0.380. The van der Waals surface area contributed by atoms with E-state index in [9.17, 15) is 18.5 Å². The second-order valence-corrected chi connectivity index (χ2v) is 6.52. The summed E-state index contributed by atoms with van der Waals surface area (Å²) in [6.07, 6.45) is 0.441. The van der Waals surface area contributed by atoms with E-state index in [2.05, 4.69) is 16.1 Å². The van der Waals surface area contributed by atoms with Crippen molar-refractivity contribution in [3.63, 3.8) is 0 Å². The predicted octanol–water partition coefficient (Wildman–Crippen LogP) is 1.99. The van der Waals surface area contributed by atoms with Gasteiger partial charge in [-0.25, -0.2) is 8.42 Å². The van der Waals surface area contributed by atoms with Crippen LogP contribution < -0.4 is 10.0 Å². The van der Waals surface area contributed by atoms with E-state index in [1.165, 1.54) is 36.4 Å². The van der Waals surface area contributed by atoms with Crippen LogP contribution in [0.2, 0.25) is 0 Å². The topological polar surface area (TPSA) is 122 Å². The zero-order valence-electron chi connectivity index (χ0n) is 12.6. The second-order valence-electron chi connectivity index (χ2n) is 4.83. The Morgan fingerprint density at radius 2 is 1.92 bits per heavy atom. The molecular weight excluding hydrogens is 334 g/mol. The van der Waals surface area contributed by atoms with Crippen molar-refractivity contribution in [3.05, 3.63) is 58.6 Å².